The first kappa shape index (κ1) is 15.6. The molecule has 6 heteroatoms. The van der Waals surface area contributed by atoms with Crippen LogP contribution in [0.4, 0.5) is 5.82 Å². The highest BCUT2D eigenvalue weighted by Gasteiger charge is 2.08. The van der Waals surface area contributed by atoms with Crippen LogP contribution in [-0.2, 0) is 13.1 Å². The van der Waals surface area contributed by atoms with E-state index in [1.165, 1.54) is 6.33 Å². The topological polar surface area (TPSA) is 79.8 Å². The third-order valence-corrected chi connectivity index (χ3v) is 3.37. The van der Waals surface area contributed by atoms with Crippen LogP contribution < -0.4 is 10.6 Å². The van der Waals surface area contributed by atoms with E-state index in [1.807, 2.05) is 48.5 Å². The van der Waals surface area contributed by atoms with Gasteiger partial charge < -0.3 is 10.6 Å². The Morgan fingerprint density at radius 2 is 1.75 bits per heavy atom. The SMILES string of the molecule is O=C(NCc1ccccn1)c1cc(NCc2ccccc2)ncn1. The molecule has 6 nitrogen and oxygen atoms in total. The number of carbonyl (C=O) groups is 1. The van der Waals surface area contributed by atoms with Crippen LogP contribution in [0.5, 0.6) is 0 Å². The molecule has 3 aromatic rings. The summed E-state index contributed by atoms with van der Waals surface area (Å²) < 4.78 is 0. The number of anilines is 1. The summed E-state index contributed by atoms with van der Waals surface area (Å²) in [6, 6.07) is 17.2. The summed E-state index contributed by atoms with van der Waals surface area (Å²) in [5.74, 6) is 0.350. The molecule has 1 aromatic carbocycles. The summed E-state index contributed by atoms with van der Waals surface area (Å²) in [7, 11) is 0. The molecule has 2 aromatic heterocycles. The predicted molar refractivity (Wildman–Crippen MR) is 91.2 cm³/mol. The van der Waals surface area contributed by atoms with E-state index in [-0.39, 0.29) is 5.91 Å². The predicted octanol–water partition coefficient (Wildman–Crippen LogP) is 2.41. The van der Waals surface area contributed by atoms with Crippen molar-refractivity contribution in [1.29, 1.82) is 0 Å². The van der Waals surface area contributed by atoms with Crippen molar-refractivity contribution in [3.8, 4) is 0 Å². The molecule has 0 unspecified atom stereocenters. The third kappa shape index (κ3) is 4.36. The molecule has 0 bridgehead atoms. The second-order valence-electron chi connectivity index (χ2n) is 5.13. The monoisotopic (exact) mass is 319 g/mol. The molecule has 0 fully saturated rings. The van der Waals surface area contributed by atoms with Gasteiger partial charge in [0.2, 0.25) is 0 Å². The average Bonchev–Trinajstić information content (AvgIpc) is 2.66. The molecule has 0 aliphatic heterocycles. The van der Waals surface area contributed by atoms with Gasteiger partial charge in [-0.05, 0) is 17.7 Å². The average molecular weight is 319 g/mol. The lowest BCUT2D eigenvalue weighted by Gasteiger charge is -2.07. The Balaban J connectivity index is 1.59. The second kappa shape index (κ2) is 7.82. The van der Waals surface area contributed by atoms with Crippen LogP contribution in [0.25, 0.3) is 0 Å². The zero-order valence-electron chi connectivity index (χ0n) is 13.0. The van der Waals surface area contributed by atoms with Crippen molar-refractivity contribution >= 4 is 11.7 Å². The van der Waals surface area contributed by atoms with E-state index >= 15 is 0 Å². The fourth-order valence-electron chi connectivity index (χ4n) is 2.13. The molecule has 120 valence electrons. The summed E-state index contributed by atoms with van der Waals surface area (Å²) in [6.45, 7) is 0.989. The first-order valence-corrected chi connectivity index (χ1v) is 7.59. The van der Waals surface area contributed by atoms with Gasteiger partial charge in [0, 0.05) is 18.8 Å². The van der Waals surface area contributed by atoms with Crippen molar-refractivity contribution < 1.29 is 4.79 Å². The highest BCUT2D eigenvalue weighted by atomic mass is 16.1. The molecule has 2 heterocycles. The molecule has 0 saturated carbocycles. The van der Waals surface area contributed by atoms with E-state index in [2.05, 4.69) is 25.6 Å². The smallest absolute Gasteiger partial charge is 0.270 e. The van der Waals surface area contributed by atoms with Crippen molar-refractivity contribution in [3.05, 3.63) is 84.1 Å². The lowest BCUT2D eigenvalue weighted by molar-refractivity contribution is 0.0945. The lowest BCUT2D eigenvalue weighted by Crippen LogP contribution is -2.24. The minimum absolute atomic E-state index is 0.259. The first-order valence-electron chi connectivity index (χ1n) is 7.59. The Bertz CT molecular complexity index is 793. The molecule has 0 saturated heterocycles. The molecule has 24 heavy (non-hydrogen) atoms. The molecule has 0 aliphatic rings. The van der Waals surface area contributed by atoms with Crippen LogP contribution in [-0.4, -0.2) is 20.9 Å². The molecular weight excluding hydrogens is 302 g/mol. The molecule has 0 atom stereocenters. The molecule has 1 amide bonds. The minimum atomic E-state index is -0.259. The van der Waals surface area contributed by atoms with Crippen molar-refractivity contribution in [2.24, 2.45) is 0 Å². The van der Waals surface area contributed by atoms with E-state index in [0.29, 0.717) is 24.6 Å². The number of benzene rings is 1. The van der Waals surface area contributed by atoms with Gasteiger partial charge in [0.15, 0.2) is 0 Å². The van der Waals surface area contributed by atoms with Gasteiger partial charge in [-0.3, -0.25) is 9.78 Å². The number of pyridine rings is 1. The number of nitrogens with one attached hydrogen (secondary N) is 2. The molecule has 3 rings (SSSR count). The number of hydrogen-bond donors (Lipinski definition) is 2. The Morgan fingerprint density at radius 3 is 2.54 bits per heavy atom. The lowest BCUT2D eigenvalue weighted by atomic mass is 10.2. The minimum Gasteiger partial charge on any atom is -0.366 e. The summed E-state index contributed by atoms with van der Waals surface area (Å²) >= 11 is 0. The van der Waals surface area contributed by atoms with Gasteiger partial charge in [0.05, 0.1) is 12.2 Å². The summed E-state index contributed by atoms with van der Waals surface area (Å²) in [6.07, 6.45) is 3.07. The van der Waals surface area contributed by atoms with Gasteiger partial charge in [0.1, 0.15) is 17.8 Å². The number of hydrogen-bond acceptors (Lipinski definition) is 5. The van der Waals surface area contributed by atoms with Gasteiger partial charge in [-0.25, -0.2) is 9.97 Å². The van der Waals surface area contributed by atoms with Crippen molar-refractivity contribution in [2.45, 2.75) is 13.1 Å². The van der Waals surface area contributed by atoms with Crippen LogP contribution in [0, 0.1) is 0 Å². The normalized spacial score (nSPS) is 10.2. The van der Waals surface area contributed by atoms with Crippen LogP contribution in [0.1, 0.15) is 21.7 Å². The van der Waals surface area contributed by atoms with Crippen LogP contribution in [0.2, 0.25) is 0 Å². The van der Waals surface area contributed by atoms with E-state index in [9.17, 15) is 4.79 Å². The number of amides is 1. The summed E-state index contributed by atoms with van der Waals surface area (Å²) in [5.41, 5.74) is 2.25. The summed E-state index contributed by atoms with van der Waals surface area (Å²) in [5, 5.41) is 5.98. The maximum Gasteiger partial charge on any atom is 0.270 e. The Kier molecular flexibility index (Phi) is 5.09. The zero-order valence-corrected chi connectivity index (χ0v) is 13.0. The fourth-order valence-corrected chi connectivity index (χ4v) is 2.13. The van der Waals surface area contributed by atoms with E-state index in [4.69, 9.17) is 0 Å². The Labute approximate surface area is 140 Å². The zero-order chi connectivity index (χ0) is 16.6. The Hall–Kier alpha value is -3.28. The van der Waals surface area contributed by atoms with Crippen LogP contribution >= 0.6 is 0 Å². The summed E-state index contributed by atoms with van der Waals surface area (Å²) in [4.78, 5) is 24.5. The van der Waals surface area contributed by atoms with Gasteiger partial charge in [-0.15, -0.1) is 0 Å². The highest BCUT2D eigenvalue weighted by molar-refractivity contribution is 5.92. The molecule has 0 spiro atoms. The third-order valence-electron chi connectivity index (χ3n) is 3.37. The van der Waals surface area contributed by atoms with Crippen molar-refractivity contribution in [1.82, 2.24) is 20.3 Å². The van der Waals surface area contributed by atoms with Gasteiger partial charge in [-0.1, -0.05) is 36.4 Å². The Morgan fingerprint density at radius 1 is 0.917 bits per heavy atom. The molecule has 0 aliphatic carbocycles. The quantitative estimate of drug-likeness (QED) is 0.729. The number of rotatable bonds is 6. The van der Waals surface area contributed by atoms with Crippen molar-refractivity contribution in [2.75, 3.05) is 5.32 Å². The van der Waals surface area contributed by atoms with E-state index in [1.54, 1.807) is 12.3 Å². The van der Waals surface area contributed by atoms with Gasteiger partial charge in [0.25, 0.3) is 5.91 Å². The number of carbonyl (C=O) groups excluding carboxylic acids is 1. The van der Waals surface area contributed by atoms with E-state index < -0.39 is 0 Å². The fraction of sp³-hybridized carbons (Fsp3) is 0.111. The second-order valence-corrected chi connectivity index (χ2v) is 5.13. The molecule has 2 N–H and O–H groups in total. The first-order chi connectivity index (χ1) is 11.8. The standard InChI is InChI=1S/C18H17N5O/c24-18(21-12-15-8-4-5-9-19-15)16-10-17(23-13-22-16)20-11-14-6-2-1-3-7-14/h1-10,13H,11-12H2,(H,21,24)(H,20,22,23). The maximum atomic E-state index is 12.2. The molecule has 0 radical (unpaired) electrons. The van der Waals surface area contributed by atoms with Gasteiger partial charge in [-0.2, -0.15) is 0 Å². The number of aromatic nitrogens is 3. The number of nitrogens with zero attached hydrogens (tertiary/aromatic N) is 3. The maximum absolute atomic E-state index is 12.2. The largest absolute Gasteiger partial charge is 0.366 e. The van der Waals surface area contributed by atoms with Crippen LogP contribution in [0.15, 0.2) is 67.1 Å². The van der Waals surface area contributed by atoms with Crippen molar-refractivity contribution in [3.63, 3.8) is 0 Å². The van der Waals surface area contributed by atoms with E-state index in [0.717, 1.165) is 11.3 Å². The van der Waals surface area contributed by atoms with Gasteiger partial charge >= 0.3 is 0 Å². The molecular formula is C18H17N5O. The van der Waals surface area contributed by atoms with Crippen LogP contribution in [0.3, 0.4) is 0 Å². The highest BCUT2D eigenvalue weighted by Crippen LogP contribution is 2.07.